The van der Waals surface area contributed by atoms with Crippen LogP contribution in [0.1, 0.15) is 52.4 Å². The van der Waals surface area contributed by atoms with Crippen LogP contribution in [0.5, 0.6) is 0 Å². The molecule has 1 unspecified atom stereocenters. The lowest BCUT2D eigenvalue weighted by Crippen LogP contribution is -2.17. The zero-order valence-corrected chi connectivity index (χ0v) is 10.5. The SMILES string of the molecule is CC(C)CCCCC(=O)OCC1CCCO1. The Morgan fingerprint density at radius 1 is 1.44 bits per heavy atom. The maximum atomic E-state index is 11.4. The number of carbonyl (C=O) groups is 1. The maximum absolute atomic E-state index is 11.4. The lowest BCUT2D eigenvalue weighted by Gasteiger charge is -2.10. The summed E-state index contributed by atoms with van der Waals surface area (Å²) in [6.07, 6.45) is 6.09. The van der Waals surface area contributed by atoms with Gasteiger partial charge in [0.2, 0.25) is 0 Å². The zero-order chi connectivity index (χ0) is 11.8. The number of rotatable bonds is 7. The summed E-state index contributed by atoms with van der Waals surface area (Å²) in [4.78, 5) is 11.4. The third kappa shape index (κ3) is 6.11. The van der Waals surface area contributed by atoms with Gasteiger partial charge in [-0.2, -0.15) is 0 Å². The van der Waals surface area contributed by atoms with Crippen molar-refractivity contribution in [2.45, 2.75) is 58.5 Å². The molecule has 94 valence electrons. The van der Waals surface area contributed by atoms with Crippen LogP contribution in [0, 0.1) is 5.92 Å². The summed E-state index contributed by atoms with van der Waals surface area (Å²) in [5.41, 5.74) is 0. The minimum Gasteiger partial charge on any atom is -0.463 e. The van der Waals surface area contributed by atoms with Crippen molar-refractivity contribution >= 4 is 5.97 Å². The van der Waals surface area contributed by atoms with Crippen LogP contribution in [-0.2, 0) is 14.3 Å². The fourth-order valence-electron chi connectivity index (χ4n) is 1.86. The van der Waals surface area contributed by atoms with E-state index in [1.165, 1.54) is 6.42 Å². The Morgan fingerprint density at radius 2 is 2.25 bits per heavy atom. The molecule has 0 spiro atoms. The third-order valence-electron chi connectivity index (χ3n) is 2.87. The molecule has 1 rings (SSSR count). The zero-order valence-electron chi connectivity index (χ0n) is 10.5. The van der Waals surface area contributed by atoms with Gasteiger partial charge in [0, 0.05) is 13.0 Å². The second-order valence-electron chi connectivity index (χ2n) is 4.96. The van der Waals surface area contributed by atoms with Crippen LogP contribution in [0.3, 0.4) is 0 Å². The smallest absolute Gasteiger partial charge is 0.305 e. The Kier molecular flexibility index (Phi) is 6.46. The predicted octanol–water partition coefficient (Wildman–Crippen LogP) is 2.93. The lowest BCUT2D eigenvalue weighted by molar-refractivity contribution is -0.147. The van der Waals surface area contributed by atoms with Gasteiger partial charge in [0.15, 0.2) is 0 Å². The largest absolute Gasteiger partial charge is 0.463 e. The maximum Gasteiger partial charge on any atom is 0.305 e. The molecular formula is C13H24O3. The lowest BCUT2D eigenvalue weighted by atomic mass is 10.1. The molecule has 0 aliphatic carbocycles. The summed E-state index contributed by atoms with van der Waals surface area (Å²) in [6, 6.07) is 0. The van der Waals surface area contributed by atoms with Gasteiger partial charge in [-0.15, -0.1) is 0 Å². The quantitative estimate of drug-likeness (QED) is 0.496. The van der Waals surface area contributed by atoms with Crippen molar-refractivity contribution in [3.05, 3.63) is 0 Å². The highest BCUT2D eigenvalue weighted by Gasteiger charge is 2.17. The Bertz CT molecular complexity index is 195. The topological polar surface area (TPSA) is 35.5 Å². The number of hydrogen-bond donors (Lipinski definition) is 0. The summed E-state index contributed by atoms with van der Waals surface area (Å²) >= 11 is 0. The average Bonchev–Trinajstić information content (AvgIpc) is 2.74. The molecule has 3 nitrogen and oxygen atoms in total. The van der Waals surface area contributed by atoms with E-state index in [0.717, 1.165) is 38.2 Å². The Morgan fingerprint density at radius 3 is 2.88 bits per heavy atom. The van der Waals surface area contributed by atoms with Crippen molar-refractivity contribution in [3.63, 3.8) is 0 Å². The number of esters is 1. The number of ether oxygens (including phenoxy) is 2. The predicted molar refractivity (Wildman–Crippen MR) is 63.2 cm³/mol. The molecule has 1 aliphatic rings. The normalized spacial score (nSPS) is 20.3. The molecule has 3 heteroatoms. The molecular weight excluding hydrogens is 204 g/mol. The first-order valence-corrected chi connectivity index (χ1v) is 6.45. The summed E-state index contributed by atoms with van der Waals surface area (Å²) < 4.78 is 10.6. The van der Waals surface area contributed by atoms with E-state index in [1.807, 2.05) is 0 Å². The molecule has 1 saturated heterocycles. The number of unbranched alkanes of at least 4 members (excludes halogenated alkanes) is 1. The van der Waals surface area contributed by atoms with Crippen molar-refractivity contribution in [1.29, 1.82) is 0 Å². The second-order valence-corrected chi connectivity index (χ2v) is 4.96. The van der Waals surface area contributed by atoms with Crippen molar-refractivity contribution in [2.24, 2.45) is 5.92 Å². The van der Waals surface area contributed by atoms with Crippen LogP contribution in [0.15, 0.2) is 0 Å². The number of hydrogen-bond acceptors (Lipinski definition) is 3. The molecule has 16 heavy (non-hydrogen) atoms. The Labute approximate surface area is 98.5 Å². The molecule has 0 N–H and O–H groups in total. The van der Waals surface area contributed by atoms with E-state index >= 15 is 0 Å². The summed E-state index contributed by atoms with van der Waals surface area (Å²) in [7, 11) is 0. The van der Waals surface area contributed by atoms with Crippen LogP contribution in [0.25, 0.3) is 0 Å². The van der Waals surface area contributed by atoms with Crippen molar-refractivity contribution in [3.8, 4) is 0 Å². The molecule has 0 radical (unpaired) electrons. The Hall–Kier alpha value is -0.570. The Balaban J connectivity index is 1.94. The van der Waals surface area contributed by atoms with Crippen LogP contribution < -0.4 is 0 Å². The molecule has 0 aromatic heterocycles. The molecule has 0 aromatic carbocycles. The molecule has 1 aliphatic heterocycles. The van der Waals surface area contributed by atoms with Gasteiger partial charge < -0.3 is 9.47 Å². The summed E-state index contributed by atoms with van der Waals surface area (Å²) in [5, 5.41) is 0. The first-order valence-electron chi connectivity index (χ1n) is 6.45. The minimum absolute atomic E-state index is 0.0701. The van der Waals surface area contributed by atoms with E-state index in [1.54, 1.807) is 0 Å². The molecule has 1 atom stereocenters. The monoisotopic (exact) mass is 228 g/mol. The van der Waals surface area contributed by atoms with Gasteiger partial charge >= 0.3 is 5.97 Å². The van der Waals surface area contributed by atoms with Crippen LogP contribution >= 0.6 is 0 Å². The summed E-state index contributed by atoms with van der Waals surface area (Å²) in [6.45, 7) is 5.67. The highest BCUT2D eigenvalue weighted by Crippen LogP contribution is 2.13. The van der Waals surface area contributed by atoms with Gasteiger partial charge in [-0.25, -0.2) is 0 Å². The molecule has 0 aromatic rings. The highest BCUT2D eigenvalue weighted by atomic mass is 16.6. The third-order valence-corrected chi connectivity index (χ3v) is 2.87. The minimum atomic E-state index is -0.0701. The van der Waals surface area contributed by atoms with Crippen LogP contribution in [-0.4, -0.2) is 25.3 Å². The first-order chi connectivity index (χ1) is 7.68. The molecule has 1 heterocycles. The van der Waals surface area contributed by atoms with Crippen molar-refractivity contribution in [1.82, 2.24) is 0 Å². The van der Waals surface area contributed by atoms with Gasteiger partial charge in [-0.1, -0.05) is 26.7 Å². The first kappa shape index (κ1) is 13.5. The van der Waals surface area contributed by atoms with Crippen LogP contribution in [0.4, 0.5) is 0 Å². The standard InChI is InChI=1S/C13H24O3/c1-11(2)6-3-4-8-13(14)16-10-12-7-5-9-15-12/h11-12H,3-10H2,1-2H3. The van der Waals surface area contributed by atoms with Gasteiger partial charge in [-0.05, 0) is 25.2 Å². The fourth-order valence-corrected chi connectivity index (χ4v) is 1.86. The van der Waals surface area contributed by atoms with Gasteiger partial charge in [0.1, 0.15) is 6.61 Å². The van der Waals surface area contributed by atoms with Gasteiger partial charge in [-0.3, -0.25) is 4.79 Å². The molecule has 0 amide bonds. The van der Waals surface area contributed by atoms with Crippen molar-refractivity contribution in [2.75, 3.05) is 13.2 Å². The van der Waals surface area contributed by atoms with Gasteiger partial charge in [0.25, 0.3) is 0 Å². The van der Waals surface area contributed by atoms with E-state index in [-0.39, 0.29) is 12.1 Å². The fraction of sp³-hybridized carbons (Fsp3) is 0.923. The van der Waals surface area contributed by atoms with E-state index in [0.29, 0.717) is 13.0 Å². The van der Waals surface area contributed by atoms with E-state index in [4.69, 9.17) is 9.47 Å². The highest BCUT2D eigenvalue weighted by molar-refractivity contribution is 5.69. The van der Waals surface area contributed by atoms with Crippen molar-refractivity contribution < 1.29 is 14.3 Å². The van der Waals surface area contributed by atoms with E-state index in [9.17, 15) is 4.79 Å². The number of carbonyl (C=O) groups excluding carboxylic acids is 1. The van der Waals surface area contributed by atoms with E-state index in [2.05, 4.69) is 13.8 Å². The molecule has 0 saturated carbocycles. The van der Waals surface area contributed by atoms with Gasteiger partial charge in [0.05, 0.1) is 6.10 Å². The molecule has 1 fully saturated rings. The average molecular weight is 228 g/mol. The molecule has 0 bridgehead atoms. The second kappa shape index (κ2) is 7.66. The van der Waals surface area contributed by atoms with Crippen LogP contribution in [0.2, 0.25) is 0 Å². The van der Waals surface area contributed by atoms with E-state index < -0.39 is 0 Å². The summed E-state index contributed by atoms with van der Waals surface area (Å²) in [5.74, 6) is 0.655.